The number of benzene rings is 1. The maximum absolute atomic E-state index is 14.0. The van der Waals surface area contributed by atoms with Crippen LogP contribution in [0.25, 0.3) is 0 Å². The first-order valence-corrected chi connectivity index (χ1v) is 9.92. The Morgan fingerprint density at radius 3 is 2.73 bits per heavy atom. The fourth-order valence-corrected chi connectivity index (χ4v) is 4.68. The molecule has 1 aliphatic heterocycles. The third kappa shape index (κ3) is 4.07. The van der Waals surface area contributed by atoms with Crippen molar-refractivity contribution in [2.45, 2.75) is 32.2 Å². The van der Waals surface area contributed by atoms with Crippen molar-refractivity contribution in [3.63, 3.8) is 0 Å². The fraction of sp³-hybridized carbons (Fsp3) is 0.533. The molecule has 7 heteroatoms. The lowest BCUT2D eigenvalue weighted by Gasteiger charge is -2.28. The average Bonchev–Trinajstić information content (AvgIpc) is 2.79. The molecule has 4 nitrogen and oxygen atoms in total. The van der Waals surface area contributed by atoms with Gasteiger partial charge in [-0.1, -0.05) is 29.3 Å². The second kappa shape index (κ2) is 7.08. The van der Waals surface area contributed by atoms with Gasteiger partial charge in [-0.05, 0) is 31.0 Å². The van der Waals surface area contributed by atoms with Gasteiger partial charge in [-0.15, -0.1) is 0 Å². The molecule has 0 saturated carbocycles. The van der Waals surface area contributed by atoms with Crippen LogP contribution in [0.1, 0.15) is 36.5 Å². The van der Waals surface area contributed by atoms with Crippen LogP contribution in [0.4, 0.5) is 4.39 Å². The van der Waals surface area contributed by atoms with E-state index in [-0.39, 0.29) is 23.1 Å². The molecule has 122 valence electrons. The molecule has 1 aromatic rings. The number of nitrogens with zero attached hydrogens (tertiary/aromatic N) is 1. The first kappa shape index (κ1) is 17.4. The summed E-state index contributed by atoms with van der Waals surface area (Å²) < 4.78 is 37.9. The summed E-state index contributed by atoms with van der Waals surface area (Å²) in [5.74, 6) is -0.959. The zero-order chi connectivity index (χ0) is 16.3. The fourth-order valence-electron chi connectivity index (χ4n) is 2.62. The molecule has 0 aliphatic carbocycles. The van der Waals surface area contributed by atoms with Crippen molar-refractivity contribution in [1.29, 1.82) is 0 Å². The highest BCUT2D eigenvalue weighted by Crippen LogP contribution is 2.23. The molecule has 0 radical (unpaired) electrons. The van der Waals surface area contributed by atoms with Gasteiger partial charge in [0.05, 0.1) is 17.1 Å². The minimum Gasteiger partial charge on any atom is -0.335 e. The van der Waals surface area contributed by atoms with Gasteiger partial charge in [0.2, 0.25) is 0 Å². The summed E-state index contributed by atoms with van der Waals surface area (Å²) in [6.45, 7) is 2.44. The highest BCUT2D eigenvalue weighted by molar-refractivity contribution is 9.10. The summed E-state index contributed by atoms with van der Waals surface area (Å²) >= 11 is 3.16. The molecule has 1 aromatic carbocycles. The molecule has 2 rings (SSSR count). The van der Waals surface area contributed by atoms with E-state index in [1.54, 1.807) is 6.07 Å². The highest BCUT2D eigenvalue weighted by Gasteiger charge is 2.35. The molecule has 0 spiro atoms. The Morgan fingerprint density at radius 1 is 1.45 bits per heavy atom. The number of hydrogen-bond donors (Lipinski definition) is 0. The number of hydrogen-bond acceptors (Lipinski definition) is 3. The molecular weight excluding hydrogens is 373 g/mol. The highest BCUT2D eigenvalue weighted by atomic mass is 79.9. The lowest BCUT2D eigenvalue weighted by molar-refractivity contribution is 0.0689. The lowest BCUT2D eigenvalue weighted by Crippen LogP contribution is -2.42. The van der Waals surface area contributed by atoms with Gasteiger partial charge >= 0.3 is 0 Å². The van der Waals surface area contributed by atoms with Gasteiger partial charge in [0.15, 0.2) is 9.84 Å². The maximum atomic E-state index is 14.0. The first-order valence-electron chi connectivity index (χ1n) is 7.30. The van der Waals surface area contributed by atoms with Crippen LogP contribution in [0, 0.1) is 5.82 Å². The summed E-state index contributed by atoms with van der Waals surface area (Å²) in [7, 11) is -3.09. The van der Waals surface area contributed by atoms with E-state index >= 15 is 0 Å². The summed E-state index contributed by atoms with van der Waals surface area (Å²) in [6, 6.07) is 3.94. The van der Waals surface area contributed by atoms with E-state index in [0.717, 1.165) is 12.8 Å². The van der Waals surface area contributed by atoms with E-state index in [4.69, 9.17) is 0 Å². The Labute approximate surface area is 138 Å². The minimum absolute atomic E-state index is 0.0106. The monoisotopic (exact) mass is 391 g/mol. The Hall–Kier alpha value is -0.950. The van der Waals surface area contributed by atoms with Gasteiger partial charge < -0.3 is 4.90 Å². The molecule has 22 heavy (non-hydrogen) atoms. The van der Waals surface area contributed by atoms with Crippen LogP contribution in [0.3, 0.4) is 0 Å². The van der Waals surface area contributed by atoms with E-state index in [9.17, 15) is 17.6 Å². The van der Waals surface area contributed by atoms with Crippen molar-refractivity contribution in [2.75, 3.05) is 18.1 Å². The van der Waals surface area contributed by atoms with Crippen molar-refractivity contribution in [3.8, 4) is 0 Å². The summed E-state index contributed by atoms with van der Waals surface area (Å²) in [4.78, 5) is 14.2. The van der Waals surface area contributed by atoms with Crippen molar-refractivity contribution < 1.29 is 17.6 Å². The summed E-state index contributed by atoms with van der Waals surface area (Å²) in [5, 5.41) is 0. The molecule has 0 N–H and O–H groups in total. The standard InChI is InChI=1S/C15H19BrFNO3S/c1-2-3-7-18(12-6-8-22(20,21)10-12)15(19)13-5-4-11(16)9-14(13)17/h4-5,9,12H,2-3,6-8,10H2,1H3. The second-order valence-electron chi connectivity index (χ2n) is 5.53. The Kier molecular flexibility index (Phi) is 5.60. The van der Waals surface area contributed by atoms with Crippen molar-refractivity contribution >= 4 is 31.7 Å². The quantitative estimate of drug-likeness (QED) is 0.774. The third-order valence-corrected chi connectivity index (χ3v) is 6.07. The summed E-state index contributed by atoms with van der Waals surface area (Å²) in [5.41, 5.74) is -0.0106. The summed E-state index contributed by atoms with van der Waals surface area (Å²) in [6.07, 6.45) is 2.07. The zero-order valence-electron chi connectivity index (χ0n) is 12.4. The molecule has 1 amide bonds. The van der Waals surface area contributed by atoms with Crippen LogP contribution in [-0.4, -0.2) is 43.3 Å². The topological polar surface area (TPSA) is 54.5 Å². The van der Waals surface area contributed by atoms with E-state index in [2.05, 4.69) is 15.9 Å². The smallest absolute Gasteiger partial charge is 0.257 e. The molecule has 1 aliphatic rings. The molecule has 1 heterocycles. The molecule has 1 saturated heterocycles. The molecule has 1 atom stereocenters. The van der Waals surface area contributed by atoms with Crippen LogP contribution in [-0.2, 0) is 9.84 Å². The van der Waals surface area contributed by atoms with Crippen LogP contribution in [0.2, 0.25) is 0 Å². The van der Waals surface area contributed by atoms with E-state index in [0.29, 0.717) is 17.4 Å². The van der Waals surface area contributed by atoms with E-state index in [1.165, 1.54) is 17.0 Å². The number of unbranched alkanes of at least 4 members (excludes halogenated alkanes) is 1. The van der Waals surface area contributed by atoms with Gasteiger partial charge in [0.25, 0.3) is 5.91 Å². The number of carbonyl (C=O) groups excluding carboxylic acids is 1. The molecule has 0 bridgehead atoms. The number of halogens is 2. The van der Waals surface area contributed by atoms with E-state index in [1.807, 2.05) is 6.92 Å². The Morgan fingerprint density at radius 2 is 2.18 bits per heavy atom. The van der Waals surface area contributed by atoms with Crippen LogP contribution < -0.4 is 0 Å². The third-order valence-electron chi connectivity index (χ3n) is 3.82. The number of carbonyl (C=O) groups is 1. The van der Waals surface area contributed by atoms with Gasteiger partial charge in [-0.3, -0.25) is 4.79 Å². The van der Waals surface area contributed by atoms with Gasteiger partial charge in [-0.25, -0.2) is 12.8 Å². The second-order valence-corrected chi connectivity index (χ2v) is 8.68. The molecule has 1 unspecified atom stereocenters. The minimum atomic E-state index is -3.09. The largest absolute Gasteiger partial charge is 0.335 e. The molecule has 0 aromatic heterocycles. The lowest BCUT2D eigenvalue weighted by atomic mass is 10.1. The zero-order valence-corrected chi connectivity index (χ0v) is 14.8. The Balaban J connectivity index is 2.26. The molecule has 1 fully saturated rings. The van der Waals surface area contributed by atoms with Crippen molar-refractivity contribution in [3.05, 3.63) is 34.1 Å². The van der Waals surface area contributed by atoms with Gasteiger partial charge in [0, 0.05) is 17.1 Å². The van der Waals surface area contributed by atoms with Crippen molar-refractivity contribution in [1.82, 2.24) is 4.90 Å². The number of amides is 1. The van der Waals surface area contributed by atoms with Gasteiger partial charge in [-0.2, -0.15) is 0 Å². The van der Waals surface area contributed by atoms with Crippen molar-refractivity contribution in [2.24, 2.45) is 0 Å². The van der Waals surface area contributed by atoms with Crippen LogP contribution in [0.15, 0.2) is 22.7 Å². The normalized spacial score (nSPS) is 20.0. The number of sulfone groups is 1. The van der Waals surface area contributed by atoms with E-state index < -0.39 is 21.6 Å². The average molecular weight is 392 g/mol. The number of rotatable bonds is 5. The van der Waals surface area contributed by atoms with Crippen LogP contribution >= 0.6 is 15.9 Å². The predicted octanol–water partition coefficient (Wildman–Crippen LogP) is 3.02. The Bertz CT molecular complexity index is 663. The first-order chi connectivity index (χ1) is 10.3. The predicted molar refractivity (Wildman–Crippen MR) is 87.1 cm³/mol. The SMILES string of the molecule is CCCCN(C(=O)c1ccc(Br)cc1F)C1CCS(=O)(=O)C1. The van der Waals surface area contributed by atoms with Crippen LogP contribution in [0.5, 0.6) is 0 Å². The van der Waals surface area contributed by atoms with Gasteiger partial charge in [0.1, 0.15) is 5.82 Å². The maximum Gasteiger partial charge on any atom is 0.257 e. The molecular formula is C15H19BrFNO3S.